The first-order chi connectivity index (χ1) is 14.2. The summed E-state index contributed by atoms with van der Waals surface area (Å²) in [6, 6.07) is 10.3. The molecule has 4 rings (SSSR count). The highest BCUT2D eigenvalue weighted by Crippen LogP contribution is 2.29. The molecule has 1 saturated heterocycles. The fourth-order valence-electron chi connectivity index (χ4n) is 3.83. The number of rotatable bonds is 7. The molecule has 1 aromatic carbocycles. The standard InChI is InChI=1S/C22H27N5O2/c1-16(18-10-13-29-14-11-18)27-21(8-5-17-3-6-19(28-2)7-4-17)25-22(26-27)20-9-12-23-15-24-20/h3-4,6-7,9,12,15-16,18H,5,8,10-11,13-14H2,1-2H3. The molecule has 29 heavy (non-hydrogen) atoms. The Balaban J connectivity index is 1.58. The molecule has 0 bridgehead atoms. The fraction of sp³-hybridized carbons (Fsp3) is 0.455. The second kappa shape index (κ2) is 9.13. The lowest BCUT2D eigenvalue weighted by Gasteiger charge is -2.28. The predicted molar refractivity (Wildman–Crippen MR) is 110 cm³/mol. The van der Waals surface area contributed by atoms with Gasteiger partial charge in [0.1, 0.15) is 23.6 Å². The molecule has 1 aliphatic rings. The van der Waals surface area contributed by atoms with Crippen molar-refractivity contribution in [2.24, 2.45) is 5.92 Å². The average Bonchev–Trinajstić information content (AvgIpc) is 3.23. The van der Waals surface area contributed by atoms with Crippen LogP contribution in [-0.2, 0) is 17.6 Å². The second-order valence-corrected chi connectivity index (χ2v) is 7.43. The lowest BCUT2D eigenvalue weighted by molar-refractivity contribution is 0.0490. The molecular formula is C22H27N5O2. The average molecular weight is 393 g/mol. The third kappa shape index (κ3) is 4.62. The first-order valence-corrected chi connectivity index (χ1v) is 10.2. The van der Waals surface area contributed by atoms with E-state index in [-0.39, 0.29) is 6.04 Å². The largest absolute Gasteiger partial charge is 0.497 e. The molecule has 1 unspecified atom stereocenters. The normalized spacial score (nSPS) is 15.9. The number of methoxy groups -OCH3 is 1. The van der Waals surface area contributed by atoms with Crippen molar-refractivity contribution in [2.45, 2.75) is 38.6 Å². The quantitative estimate of drug-likeness (QED) is 0.611. The first-order valence-electron chi connectivity index (χ1n) is 10.2. The van der Waals surface area contributed by atoms with Crippen molar-refractivity contribution in [2.75, 3.05) is 20.3 Å². The van der Waals surface area contributed by atoms with Crippen molar-refractivity contribution >= 4 is 0 Å². The lowest BCUT2D eigenvalue weighted by atomic mass is 9.93. The number of aromatic nitrogens is 5. The lowest BCUT2D eigenvalue weighted by Crippen LogP contribution is -2.26. The van der Waals surface area contributed by atoms with Crippen LogP contribution in [0.4, 0.5) is 0 Å². The van der Waals surface area contributed by atoms with Crippen LogP contribution in [0.25, 0.3) is 11.5 Å². The Morgan fingerprint density at radius 1 is 1.14 bits per heavy atom. The van der Waals surface area contributed by atoms with E-state index < -0.39 is 0 Å². The third-order valence-corrected chi connectivity index (χ3v) is 5.64. The zero-order valence-corrected chi connectivity index (χ0v) is 17.0. The molecule has 3 aromatic rings. The molecule has 1 atom stereocenters. The first kappa shape index (κ1) is 19.5. The predicted octanol–water partition coefficient (Wildman–Crippen LogP) is 3.52. The topological polar surface area (TPSA) is 75.0 Å². The molecule has 7 nitrogen and oxygen atoms in total. The Bertz CT molecular complexity index is 905. The highest BCUT2D eigenvalue weighted by Gasteiger charge is 2.25. The minimum Gasteiger partial charge on any atom is -0.497 e. The molecule has 0 saturated carbocycles. The summed E-state index contributed by atoms with van der Waals surface area (Å²) in [5.74, 6) is 3.07. The van der Waals surface area contributed by atoms with Gasteiger partial charge in [0.05, 0.1) is 13.2 Å². The van der Waals surface area contributed by atoms with Crippen LogP contribution >= 0.6 is 0 Å². The van der Waals surface area contributed by atoms with E-state index in [4.69, 9.17) is 19.6 Å². The number of hydrogen-bond donors (Lipinski definition) is 0. The van der Waals surface area contributed by atoms with Crippen molar-refractivity contribution in [3.63, 3.8) is 0 Å². The van der Waals surface area contributed by atoms with Gasteiger partial charge in [0, 0.05) is 25.8 Å². The van der Waals surface area contributed by atoms with E-state index >= 15 is 0 Å². The summed E-state index contributed by atoms with van der Waals surface area (Å²) < 4.78 is 12.9. The maximum atomic E-state index is 5.54. The van der Waals surface area contributed by atoms with Crippen molar-refractivity contribution in [3.8, 4) is 17.3 Å². The van der Waals surface area contributed by atoms with E-state index in [1.807, 2.05) is 18.2 Å². The van der Waals surface area contributed by atoms with E-state index in [1.54, 1.807) is 13.3 Å². The van der Waals surface area contributed by atoms with Crippen LogP contribution in [0.5, 0.6) is 5.75 Å². The maximum absolute atomic E-state index is 5.54. The summed E-state index contributed by atoms with van der Waals surface area (Å²) in [6.07, 6.45) is 7.09. The van der Waals surface area contributed by atoms with E-state index in [0.717, 1.165) is 56.2 Å². The highest BCUT2D eigenvalue weighted by molar-refractivity contribution is 5.47. The number of hydrogen-bond acceptors (Lipinski definition) is 6. The summed E-state index contributed by atoms with van der Waals surface area (Å²) in [5.41, 5.74) is 2.01. The Hall–Kier alpha value is -2.80. The van der Waals surface area contributed by atoms with Crippen molar-refractivity contribution in [1.29, 1.82) is 0 Å². The monoisotopic (exact) mass is 393 g/mol. The number of benzene rings is 1. The van der Waals surface area contributed by atoms with Gasteiger partial charge >= 0.3 is 0 Å². The van der Waals surface area contributed by atoms with Crippen molar-refractivity contribution < 1.29 is 9.47 Å². The minimum atomic E-state index is 0.271. The van der Waals surface area contributed by atoms with Crippen molar-refractivity contribution in [3.05, 3.63) is 54.2 Å². The molecule has 2 aromatic heterocycles. The summed E-state index contributed by atoms with van der Waals surface area (Å²) in [5, 5.41) is 4.85. The fourth-order valence-corrected chi connectivity index (χ4v) is 3.83. The summed E-state index contributed by atoms with van der Waals surface area (Å²) in [6.45, 7) is 3.89. The SMILES string of the molecule is COc1ccc(CCc2nc(-c3ccncn3)nn2C(C)C2CCOCC2)cc1. The molecule has 0 aliphatic carbocycles. The molecular weight excluding hydrogens is 366 g/mol. The minimum absolute atomic E-state index is 0.271. The van der Waals surface area contributed by atoms with Gasteiger partial charge in [0.25, 0.3) is 0 Å². The second-order valence-electron chi connectivity index (χ2n) is 7.43. The van der Waals surface area contributed by atoms with Gasteiger partial charge in [-0.25, -0.2) is 19.6 Å². The summed E-state index contributed by atoms with van der Waals surface area (Å²) >= 11 is 0. The van der Waals surface area contributed by atoms with Gasteiger partial charge < -0.3 is 9.47 Å². The van der Waals surface area contributed by atoms with E-state index in [9.17, 15) is 0 Å². The smallest absolute Gasteiger partial charge is 0.200 e. The van der Waals surface area contributed by atoms with Crippen molar-refractivity contribution in [1.82, 2.24) is 24.7 Å². The number of nitrogens with zero attached hydrogens (tertiary/aromatic N) is 5. The Kier molecular flexibility index (Phi) is 6.14. The van der Waals surface area contributed by atoms with Gasteiger partial charge in [-0.2, -0.15) is 0 Å². The van der Waals surface area contributed by atoms with Crippen LogP contribution in [0.3, 0.4) is 0 Å². The van der Waals surface area contributed by atoms with Crippen LogP contribution in [0.15, 0.2) is 42.9 Å². The third-order valence-electron chi connectivity index (χ3n) is 5.64. The van der Waals surface area contributed by atoms with Crippen LogP contribution in [0.1, 0.15) is 37.2 Å². The maximum Gasteiger partial charge on any atom is 0.200 e. The van der Waals surface area contributed by atoms with Crippen LogP contribution < -0.4 is 4.74 Å². The van der Waals surface area contributed by atoms with E-state index in [1.165, 1.54) is 11.9 Å². The van der Waals surface area contributed by atoms with E-state index in [0.29, 0.717) is 11.7 Å². The number of ether oxygens (including phenoxy) is 2. The van der Waals surface area contributed by atoms with Gasteiger partial charge in [-0.1, -0.05) is 12.1 Å². The van der Waals surface area contributed by atoms with Crippen LogP contribution in [0.2, 0.25) is 0 Å². The van der Waals surface area contributed by atoms with Crippen LogP contribution in [0, 0.1) is 5.92 Å². The zero-order valence-electron chi connectivity index (χ0n) is 17.0. The summed E-state index contributed by atoms with van der Waals surface area (Å²) in [7, 11) is 1.68. The molecule has 1 aliphatic heterocycles. The molecule has 0 radical (unpaired) electrons. The molecule has 152 valence electrons. The molecule has 0 amide bonds. The Labute approximate surface area is 171 Å². The Morgan fingerprint density at radius 3 is 2.62 bits per heavy atom. The molecule has 1 fully saturated rings. The molecule has 0 spiro atoms. The van der Waals surface area contributed by atoms with E-state index in [2.05, 4.69) is 33.7 Å². The van der Waals surface area contributed by atoms with Gasteiger partial charge in [-0.15, -0.1) is 5.10 Å². The molecule has 7 heteroatoms. The van der Waals surface area contributed by atoms with Gasteiger partial charge in [0.2, 0.25) is 0 Å². The zero-order chi connectivity index (χ0) is 20.1. The van der Waals surface area contributed by atoms with Gasteiger partial charge in [-0.05, 0) is 55.9 Å². The molecule has 3 heterocycles. The summed E-state index contributed by atoms with van der Waals surface area (Å²) in [4.78, 5) is 13.2. The number of aryl methyl sites for hydroxylation is 2. The van der Waals surface area contributed by atoms with Gasteiger partial charge in [-0.3, -0.25) is 0 Å². The Morgan fingerprint density at radius 2 is 1.93 bits per heavy atom. The van der Waals surface area contributed by atoms with Gasteiger partial charge in [0.15, 0.2) is 5.82 Å². The molecule has 0 N–H and O–H groups in total. The highest BCUT2D eigenvalue weighted by atomic mass is 16.5. The van der Waals surface area contributed by atoms with Crippen LogP contribution in [-0.4, -0.2) is 45.1 Å².